The number of fused-ring (bicyclic) bond motifs is 1. The fraction of sp³-hybridized carbons (Fsp3) is 0. The summed E-state index contributed by atoms with van der Waals surface area (Å²) in [5.41, 5.74) is 0.211. The highest BCUT2D eigenvalue weighted by Gasteiger charge is 2.11. The predicted molar refractivity (Wildman–Crippen MR) is 83.6 cm³/mol. The molecule has 110 valence electrons. The number of benzene rings is 2. The number of hydrogen-bond donors (Lipinski definition) is 1. The first kappa shape index (κ1) is 14.2. The lowest BCUT2D eigenvalue weighted by Gasteiger charge is -2.06. The van der Waals surface area contributed by atoms with E-state index in [1.54, 1.807) is 48.5 Å². The van der Waals surface area contributed by atoms with E-state index in [0.717, 1.165) is 0 Å². The molecule has 0 aliphatic heterocycles. The summed E-state index contributed by atoms with van der Waals surface area (Å²) in [5.74, 6) is -0.176. The summed E-state index contributed by atoms with van der Waals surface area (Å²) in [5, 5.41) is 3.71. The SMILES string of the molecule is O=C(Nc1ccc(Cl)cc1)Oc1cc2ccccc2oc1=O. The van der Waals surface area contributed by atoms with Crippen molar-refractivity contribution in [2.45, 2.75) is 0 Å². The maximum atomic E-state index is 11.8. The van der Waals surface area contributed by atoms with Crippen LogP contribution in [0.25, 0.3) is 11.0 Å². The van der Waals surface area contributed by atoms with Crippen LogP contribution in [0.5, 0.6) is 5.75 Å². The highest BCUT2D eigenvalue weighted by molar-refractivity contribution is 6.30. The van der Waals surface area contributed by atoms with Crippen LogP contribution in [0, 0.1) is 0 Å². The topological polar surface area (TPSA) is 68.5 Å². The number of amides is 1. The van der Waals surface area contributed by atoms with E-state index < -0.39 is 11.7 Å². The lowest BCUT2D eigenvalue weighted by atomic mass is 10.2. The molecule has 0 aliphatic carbocycles. The maximum Gasteiger partial charge on any atom is 0.417 e. The van der Waals surface area contributed by atoms with E-state index in [4.69, 9.17) is 20.8 Å². The fourth-order valence-electron chi connectivity index (χ4n) is 1.89. The smallest absolute Gasteiger partial charge is 0.417 e. The molecule has 0 aliphatic rings. The van der Waals surface area contributed by atoms with Gasteiger partial charge in [-0.15, -0.1) is 0 Å². The highest BCUT2D eigenvalue weighted by atomic mass is 35.5. The molecule has 1 amide bonds. The number of nitrogens with one attached hydrogen (secondary N) is 1. The molecule has 3 aromatic rings. The second-order valence-electron chi connectivity index (χ2n) is 4.46. The highest BCUT2D eigenvalue weighted by Crippen LogP contribution is 2.17. The van der Waals surface area contributed by atoms with Crippen molar-refractivity contribution in [2.24, 2.45) is 0 Å². The third-order valence-corrected chi connectivity index (χ3v) is 3.15. The third-order valence-electron chi connectivity index (χ3n) is 2.90. The minimum absolute atomic E-state index is 0.176. The molecule has 0 fully saturated rings. The minimum Gasteiger partial charge on any atom is -0.420 e. The summed E-state index contributed by atoms with van der Waals surface area (Å²) in [6.07, 6.45) is -0.787. The number of carbonyl (C=O) groups is 1. The van der Waals surface area contributed by atoms with Crippen LogP contribution in [0.15, 0.2) is 63.8 Å². The molecular formula is C16H10ClNO4. The van der Waals surface area contributed by atoms with E-state index in [1.807, 2.05) is 0 Å². The van der Waals surface area contributed by atoms with Crippen molar-refractivity contribution in [3.8, 4) is 5.75 Å². The molecule has 0 unspecified atom stereocenters. The van der Waals surface area contributed by atoms with Gasteiger partial charge in [0, 0.05) is 16.1 Å². The molecule has 0 saturated carbocycles. The summed E-state index contributed by atoms with van der Waals surface area (Å²) in [6, 6.07) is 14.9. The lowest BCUT2D eigenvalue weighted by molar-refractivity contribution is 0.213. The van der Waals surface area contributed by atoms with Crippen molar-refractivity contribution in [1.29, 1.82) is 0 Å². The van der Waals surface area contributed by atoms with Crippen LogP contribution in [0.1, 0.15) is 0 Å². The Kier molecular flexibility index (Phi) is 3.80. The molecule has 2 aromatic carbocycles. The maximum absolute atomic E-state index is 11.8. The zero-order valence-electron chi connectivity index (χ0n) is 11.2. The van der Waals surface area contributed by atoms with Crippen LogP contribution >= 0.6 is 11.6 Å². The van der Waals surface area contributed by atoms with E-state index in [2.05, 4.69) is 5.32 Å². The number of para-hydroxylation sites is 1. The van der Waals surface area contributed by atoms with Crippen molar-refractivity contribution in [3.63, 3.8) is 0 Å². The Bertz CT molecular complexity index is 887. The van der Waals surface area contributed by atoms with Gasteiger partial charge in [-0.25, -0.2) is 9.59 Å². The Morgan fingerprint density at radius 2 is 1.82 bits per heavy atom. The molecule has 22 heavy (non-hydrogen) atoms. The number of anilines is 1. The molecule has 3 rings (SSSR count). The summed E-state index contributed by atoms with van der Waals surface area (Å²) in [6.45, 7) is 0. The van der Waals surface area contributed by atoms with Crippen LogP contribution in [0.4, 0.5) is 10.5 Å². The molecule has 0 spiro atoms. The first-order valence-corrected chi connectivity index (χ1v) is 6.77. The Balaban J connectivity index is 1.80. The lowest BCUT2D eigenvalue weighted by Crippen LogP contribution is -2.20. The molecule has 0 atom stereocenters. The normalized spacial score (nSPS) is 10.4. The van der Waals surface area contributed by atoms with Crippen molar-refractivity contribution < 1.29 is 13.9 Å². The van der Waals surface area contributed by atoms with Gasteiger partial charge in [-0.05, 0) is 36.4 Å². The van der Waals surface area contributed by atoms with Gasteiger partial charge >= 0.3 is 11.7 Å². The molecule has 1 N–H and O–H groups in total. The van der Waals surface area contributed by atoms with Crippen LogP contribution in [0.3, 0.4) is 0 Å². The predicted octanol–water partition coefficient (Wildman–Crippen LogP) is 4.06. The van der Waals surface area contributed by atoms with Crippen LogP contribution in [-0.4, -0.2) is 6.09 Å². The van der Waals surface area contributed by atoms with E-state index in [9.17, 15) is 9.59 Å². The van der Waals surface area contributed by atoms with Gasteiger partial charge in [0.15, 0.2) is 0 Å². The van der Waals surface area contributed by atoms with Gasteiger partial charge in [0.1, 0.15) is 5.58 Å². The van der Waals surface area contributed by atoms with E-state index in [1.165, 1.54) is 6.07 Å². The number of hydrogen-bond acceptors (Lipinski definition) is 4. The van der Waals surface area contributed by atoms with Crippen LogP contribution < -0.4 is 15.7 Å². The largest absolute Gasteiger partial charge is 0.420 e. The van der Waals surface area contributed by atoms with E-state index in [-0.39, 0.29) is 5.75 Å². The Morgan fingerprint density at radius 1 is 1.09 bits per heavy atom. The van der Waals surface area contributed by atoms with Gasteiger partial charge in [-0.3, -0.25) is 5.32 Å². The van der Waals surface area contributed by atoms with Crippen LogP contribution in [-0.2, 0) is 0 Å². The summed E-state index contributed by atoms with van der Waals surface area (Å²) in [7, 11) is 0. The van der Waals surface area contributed by atoms with Crippen molar-refractivity contribution in [3.05, 3.63) is 70.0 Å². The number of rotatable bonds is 2. The molecular weight excluding hydrogens is 306 g/mol. The van der Waals surface area contributed by atoms with Crippen molar-refractivity contribution in [1.82, 2.24) is 0 Å². The average molecular weight is 316 g/mol. The Morgan fingerprint density at radius 3 is 2.59 bits per heavy atom. The summed E-state index contributed by atoms with van der Waals surface area (Å²) >= 11 is 5.76. The molecule has 0 bridgehead atoms. The van der Waals surface area contributed by atoms with E-state index in [0.29, 0.717) is 21.7 Å². The first-order chi connectivity index (χ1) is 10.6. The van der Waals surface area contributed by atoms with Crippen molar-refractivity contribution >= 4 is 34.4 Å². The summed E-state index contributed by atoms with van der Waals surface area (Å²) in [4.78, 5) is 23.6. The quantitative estimate of drug-likeness (QED) is 0.724. The number of ether oxygens (including phenoxy) is 1. The monoisotopic (exact) mass is 315 g/mol. The van der Waals surface area contributed by atoms with Gasteiger partial charge in [-0.2, -0.15) is 0 Å². The molecule has 1 heterocycles. The van der Waals surface area contributed by atoms with Gasteiger partial charge < -0.3 is 9.15 Å². The fourth-order valence-corrected chi connectivity index (χ4v) is 2.02. The average Bonchev–Trinajstić information content (AvgIpc) is 2.50. The standard InChI is InChI=1S/C16H10ClNO4/c17-11-5-7-12(8-6-11)18-16(20)22-14-9-10-3-1-2-4-13(10)21-15(14)19/h1-9H,(H,18,20). The third kappa shape index (κ3) is 3.10. The number of halogens is 1. The van der Waals surface area contributed by atoms with Gasteiger partial charge in [-0.1, -0.05) is 29.8 Å². The van der Waals surface area contributed by atoms with Gasteiger partial charge in [0.05, 0.1) is 0 Å². The van der Waals surface area contributed by atoms with Crippen molar-refractivity contribution in [2.75, 3.05) is 5.32 Å². The number of carbonyl (C=O) groups excluding carboxylic acids is 1. The van der Waals surface area contributed by atoms with Gasteiger partial charge in [0.25, 0.3) is 0 Å². The molecule has 5 nitrogen and oxygen atoms in total. The zero-order valence-corrected chi connectivity index (χ0v) is 12.0. The summed E-state index contributed by atoms with van der Waals surface area (Å²) < 4.78 is 10.1. The van der Waals surface area contributed by atoms with E-state index >= 15 is 0 Å². The van der Waals surface area contributed by atoms with Gasteiger partial charge in [0.2, 0.25) is 5.75 Å². The second kappa shape index (κ2) is 5.91. The first-order valence-electron chi connectivity index (χ1n) is 6.39. The molecule has 0 radical (unpaired) electrons. The molecule has 6 heteroatoms. The van der Waals surface area contributed by atoms with Crippen LogP contribution in [0.2, 0.25) is 5.02 Å². The zero-order chi connectivity index (χ0) is 15.5. The Labute approximate surface area is 130 Å². The molecule has 1 aromatic heterocycles. The minimum atomic E-state index is -0.787. The Hall–Kier alpha value is -2.79. The molecule has 0 saturated heterocycles. The second-order valence-corrected chi connectivity index (χ2v) is 4.89.